The van der Waals surface area contributed by atoms with Crippen LogP contribution in [0.2, 0.25) is 0 Å². The monoisotopic (exact) mass is 447 g/mol. The molecule has 6 aromatic heterocycles. The molecule has 0 radical (unpaired) electrons. The van der Waals surface area contributed by atoms with Crippen LogP contribution >= 0.6 is 0 Å². The number of hydrogen-bond donors (Lipinski definition) is 3. The topological polar surface area (TPSA) is 144 Å². The number of nitrogens with two attached hydrogens (primary N) is 3. The Morgan fingerprint density at radius 3 is 1.03 bits per heavy atom. The maximum atomic E-state index is 5.61. The molecule has 12 heteroatoms. The molecule has 6 heterocycles. The van der Waals surface area contributed by atoms with Crippen molar-refractivity contribution in [3.8, 4) is 0 Å². The fourth-order valence-electron chi connectivity index (χ4n) is 3.43. The first-order valence-electron chi connectivity index (χ1n) is 10.1. The van der Waals surface area contributed by atoms with Crippen molar-refractivity contribution in [2.45, 2.75) is 0 Å². The van der Waals surface area contributed by atoms with Gasteiger partial charge in [-0.25, -0.2) is 0 Å². The van der Waals surface area contributed by atoms with Gasteiger partial charge in [-0.3, -0.25) is 0 Å². The van der Waals surface area contributed by atoms with Crippen molar-refractivity contribution >= 4 is 34.8 Å². The largest absolute Gasteiger partial charge is 0.380 e. The zero-order valence-electron chi connectivity index (χ0n) is 18.7. The molecule has 0 aliphatic heterocycles. The first kappa shape index (κ1) is 21.5. The highest BCUT2D eigenvalue weighted by Crippen LogP contribution is 1.98. The summed E-state index contributed by atoms with van der Waals surface area (Å²) >= 11 is 0. The van der Waals surface area contributed by atoms with Crippen molar-refractivity contribution < 1.29 is 13.2 Å². The average molecular weight is 448 g/mol. The van der Waals surface area contributed by atoms with Crippen LogP contribution in [0.1, 0.15) is 0 Å². The van der Waals surface area contributed by atoms with Gasteiger partial charge in [0.05, 0.1) is 39.7 Å². The Hall–Kier alpha value is -4.74. The van der Waals surface area contributed by atoms with Crippen LogP contribution in [-0.4, -0.2) is 29.3 Å². The summed E-state index contributed by atoms with van der Waals surface area (Å²) in [5.41, 5.74) is 19.8. The fourth-order valence-corrected chi connectivity index (χ4v) is 3.43. The van der Waals surface area contributed by atoms with E-state index in [-0.39, 0.29) is 0 Å². The van der Waals surface area contributed by atoms with Crippen LogP contribution in [0.5, 0.6) is 0 Å². The molecule has 0 aromatic carbocycles. The minimum atomic E-state index is 0.517. The zero-order chi connectivity index (χ0) is 23.5. The standard InChI is InChI=1S/3C7H9N4/c3*1-10-6-4-2-3-5-11(6)7(8)9-10/h3*2-5H,1H3,(H2,8,9)/q3*+1. The molecular formula is C21H27N12+3. The number of aryl methyl sites for hydroxylation is 3. The Kier molecular flexibility index (Phi) is 5.72. The van der Waals surface area contributed by atoms with Crippen molar-refractivity contribution in [2.75, 3.05) is 17.2 Å². The number of pyridine rings is 3. The minimum absolute atomic E-state index is 0.517. The van der Waals surface area contributed by atoms with E-state index in [9.17, 15) is 0 Å². The third-order valence-corrected chi connectivity index (χ3v) is 5.01. The molecule has 0 fully saturated rings. The minimum Gasteiger partial charge on any atom is -0.305 e. The molecule has 33 heavy (non-hydrogen) atoms. The molecule has 0 atom stereocenters. The van der Waals surface area contributed by atoms with Gasteiger partial charge in [-0.05, 0) is 18.2 Å². The van der Waals surface area contributed by atoms with Crippen molar-refractivity contribution in [3.05, 3.63) is 73.2 Å². The summed E-state index contributed by atoms with van der Waals surface area (Å²) in [6.45, 7) is 0. The molecule has 0 unspecified atom stereocenters. The lowest BCUT2D eigenvalue weighted by atomic mass is 10.5. The third-order valence-electron chi connectivity index (χ3n) is 5.01. The van der Waals surface area contributed by atoms with Crippen LogP contribution in [0.4, 0.5) is 17.8 Å². The van der Waals surface area contributed by atoms with E-state index >= 15 is 0 Å². The van der Waals surface area contributed by atoms with E-state index in [2.05, 4.69) is 15.3 Å². The van der Waals surface area contributed by atoms with Crippen molar-refractivity contribution in [3.63, 3.8) is 0 Å². The second-order valence-electron chi connectivity index (χ2n) is 7.23. The Bertz CT molecular complexity index is 1250. The van der Waals surface area contributed by atoms with E-state index in [1.54, 1.807) is 14.0 Å². The smallest absolute Gasteiger partial charge is 0.305 e. The number of nitrogens with zero attached hydrogens (tertiary/aromatic N) is 9. The number of rotatable bonds is 0. The molecule has 0 spiro atoms. The maximum absolute atomic E-state index is 5.61. The third kappa shape index (κ3) is 4.21. The molecule has 6 rings (SSSR count). The fraction of sp³-hybridized carbons (Fsp3) is 0.143. The quantitative estimate of drug-likeness (QED) is 0.261. The van der Waals surface area contributed by atoms with Gasteiger partial charge in [-0.1, -0.05) is 18.2 Å². The molecule has 168 valence electrons. The SMILES string of the molecule is Cn1nc(N)[n+]2ccccc12.Cn1nc(N)[n+]2ccccc12.Cn1nc(N)[n+]2ccccc12. The van der Waals surface area contributed by atoms with Gasteiger partial charge in [0.15, 0.2) is 0 Å². The molecule has 6 aromatic rings. The molecule has 0 bridgehead atoms. The van der Waals surface area contributed by atoms with E-state index in [0.29, 0.717) is 17.8 Å². The Balaban J connectivity index is 0.000000118. The van der Waals surface area contributed by atoms with Crippen molar-refractivity contribution in [1.82, 2.24) is 29.3 Å². The first-order chi connectivity index (χ1) is 15.9. The van der Waals surface area contributed by atoms with Crippen LogP contribution in [-0.2, 0) is 21.1 Å². The lowest BCUT2D eigenvalue weighted by molar-refractivity contribution is -0.496. The maximum Gasteiger partial charge on any atom is 0.380 e. The summed E-state index contributed by atoms with van der Waals surface area (Å²) in [6.07, 6.45) is 5.66. The van der Waals surface area contributed by atoms with E-state index in [0.717, 1.165) is 16.9 Å². The summed E-state index contributed by atoms with van der Waals surface area (Å²) in [5, 5.41) is 12.1. The molecule has 12 nitrogen and oxygen atoms in total. The normalized spacial score (nSPS) is 10.6. The number of aromatic nitrogens is 9. The van der Waals surface area contributed by atoms with E-state index in [4.69, 9.17) is 17.2 Å². The van der Waals surface area contributed by atoms with Gasteiger partial charge in [0.25, 0.3) is 0 Å². The summed E-state index contributed by atoms with van der Waals surface area (Å²) < 4.78 is 10.7. The molecule has 0 saturated heterocycles. The molecule has 6 N–H and O–H groups in total. The van der Waals surface area contributed by atoms with Crippen LogP contribution in [0.15, 0.2) is 73.2 Å². The van der Waals surface area contributed by atoms with E-state index in [1.165, 1.54) is 0 Å². The zero-order valence-corrected chi connectivity index (χ0v) is 18.7. The lowest BCUT2D eigenvalue weighted by Gasteiger charge is -1.85. The van der Waals surface area contributed by atoms with Gasteiger partial charge >= 0.3 is 17.8 Å². The summed E-state index contributed by atoms with van der Waals surface area (Å²) in [6, 6.07) is 17.5. The van der Waals surface area contributed by atoms with Gasteiger partial charge in [0.2, 0.25) is 16.9 Å². The number of nitrogen functional groups attached to an aromatic ring is 3. The number of anilines is 3. The number of fused-ring (bicyclic) bond motifs is 3. The molecule has 0 aliphatic carbocycles. The molecule has 0 saturated carbocycles. The molecule has 0 aliphatic rings. The van der Waals surface area contributed by atoms with Crippen molar-refractivity contribution in [1.29, 1.82) is 0 Å². The van der Waals surface area contributed by atoms with Gasteiger partial charge < -0.3 is 17.2 Å². The Morgan fingerprint density at radius 1 is 0.515 bits per heavy atom. The highest BCUT2D eigenvalue weighted by atomic mass is 15.4. The van der Waals surface area contributed by atoms with Crippen LogP contribution in [0, 0.1) is 0 Å². The van der Waals surface area contributed by atoms with Crippen molar-refractivity contribution in [2.24, 2.45) is 21.1 Å². The molecule has 0 amide bonds. The number of hydrogen-bond acceptors (Lipinski definition) is 6. The van der Waals surface area contributed by atoms with E-state index in [1.807, 2.05) is 108 Å². The van der Waals surface area contributed by atoms with Crippen LogP contribution in [0.25, 0.3) is 16.9 Å². The highest BCUT2D eigenvalue weighted by Gasteiger charge is 2.11. The van der Waals surface area contributed by atoms with Crippen LogP contribution < -0.4 is 30.4 Å². The summed E-state index contributed by atoms with van der Waals surface area (Å²) in [7, 11) is 5.60. The average Bonchev–Trinajstić information content (AvgIpc) is 3.41. The second kappa shape index (κ2) is 8.78. The van der Waals surface area contributed by atoms with Gasteiger partial charge in [-0.2, -0.15) is 13.2 Å². The highest BCUT2D eigenvalue weighted by molar-refractivity contribution is 5.32. The van der Waals surface area contributed by atoms with E-state index < -0.39 is 0 Å². The summed E-state index contributed by atoms with van der Waals surface area (Å²) in [4.78, 5) is 0. The van der Waals surface area contributed by atoms with Gasteiger partial charge in [0.1, 0.15) is 0 Å². The predicted molar refractivity (Wildman–Crippen MR) is 122 cm³/mol. The van der Waals surface area contributed by atoms with Gasteiger partial charge in [0, 0.05) is 33.5 Å². The van der Waals surface area contributed by atoms with Crippen LogP contribution in [0.3, 0.4) is 0 Å². The Labute approximate surface area is 189 Å². The predicted octanol–water partition coefficient (Wildman–Crippen LogP) is -0.777. The Morgan fingerprint density at radius 2 is 0.788 bits per heavy atom. The lowest BCUT2D eigenvalue weighted by Crippen LogP contribution is -2.22. The molecular weight excluding hydrogens is 420 g/mol. The second-order valence-corrected chi connectivity index (χ2v) is 7.23. The first-order valence-corrected chi connectivity index (χ1v) is 10.1. The summed E-state index contributed by atoms with van der Waals surface area (Å²) in [5.74, 6) is 1.55. The van der Waals surface area contributed by atoms with Gasteiger partial charge in [-0.15, -0.1) is 14.0 Å².